The molecule has 0 amide bonds. The van der Waals surface area contributed by atoms with Gasteiger partial charge >= 0.3 is 0 Å². The molecule has 1 N–H and O–H groups in total. The van der Waals surface area contributed by atoms with Crippen LogP contribution in [0.15, 0.2) is 41.2 Å². The van der Waals surface area contributed by atoms with Crippen LogP contribution in [0.1, 0.15) is 24.2 Å². The first-order chi connectivity index (χ1) is 7.86. The Morgan fingerprint density at radius 3 is 2.88 bits per heavy atom. The van der Waals surface area contributed by atoms with Gasteiger partial charge in [0.2, 0.25) is 0 Å². The van der Waals surface area contributed by atoms with Gasteiger partial charge in [0.1, 0.15) is 0 Å². The molecule has 2 rings (SSSR count). The van der Waals surface area contributed by atoms with Gasteiger partial charge in [-0.2, -0.15) is 5.48 Å². The Bertz CT molecular complexity index is 402. The predicted molar refractivity (Wildman–Crippen MR) is 64.9 cm³/mol. The summed E-state index contributed by atoms with van der Waals surface area (Å²) >= 11 is 1.59. The summed E-state index contributed by atoms with van der Waals surface area (Å²) in [7, 11) is 0. The van der Waals surface area contributed by atoms with Crippen molar-refractivity contribution >= 4 is 11.3 Å². The van der Waals surface area contributed by atoms with E-state index in [0.717, 1.165) is 11.3 Å². The molecule has 0 bridgehead atoms. The second-order valence-corrected chi connectivity index (χ2v) is 4.25. The normalized spacial score (nSPS) is 12.6. The molecule has 0 radical (unpaired) electrons. The third-order valence-electron chi connectivity index (χ3n) is 2.24. The lowest BCUT2D eigenvalue weighted by atomic mass is 10.2. The maximum Gasteiger partial charge on any atom is 0.0933 e. The highest BCUT2D eigenvalue weighted by Crippen LogP contribution is 2.12. The molecule has 0 aliphatic heterocycles. The lowest BCUT2D eigenvalue weighted by molar-refractivity contribution is 0.00624. The van der Waals surface area contributed by atoms with Crippen molar-refractivity contribution in [2.24, 2.45) is 0 Å². The van der Waals surface area contributed by atoms with Crippen molar-refractivity contribution in [3.63, 3.8) is 0 Å². The van der Waals surface area contributed by atoms with Gasteiger partial charge in [0.05, 0.1) is 23.9 Å². The van der Waals surface area contributed by atoms with Gasteiger partial charge in [0.25, 0.3) is 0 Å². The lowest BCUT2D eigenvalue weighted by Crippen LogP contribution is -2.19. The number of hydrogen-bond acceptors (Lipinski definition) is 4. The molecular weight excluding hydrogens is 220 g/mol. The standard InChI is InChI=1S/C12H14N2OS/c1-10(12-8-16-9-13-12)14-15-7-11-5-3-2-4-6-11/h2-6,8-10,14H,7H2,1H3. The fraction of sp³-hybridized carbons (Fsp3) is 0.250. The molecule has 0 aliphatic carbocycles. The molecule has 1 heterocycles. The summed E-state index contributed by atoms with van der Waals surface area (Å²) < 4.78 is 0. The van der Waals surface area contributed by atoms with Crippen LogP contribution < -0.4 is 5.48 Å². The Kier molecular flexibility index (Phi) is 4.04. The number of thiazole rings is 1. The zero-order valence-corrected chi connectivity index (χ0v) is 9.91. The van der Waals surface area contributed by atoms with E-state index in [1.165, 1.54) is 0 Å². The molecule has 1 aromatic heterocycles. The van der Waals surface area contributed by atoms with E-state index < -0.39 is 0 Å². The van der Waals surface area contributed by atoms with Gasteiger partial charge in [-0.05, 0) is 12.5 Å². The molecule has 4 heteroatoms. The van der Waals surface area contributed by atoms with Crippen LogP contribution in [0.2, 0.25) is 0 Å². The molecule has 0 spiro atoms. The van der Waals surface area contributed by atoms with E-state index in [1.54, 1.807) is 11.3 Å². The highest BCUT2D eigenvalue weighted by atomic mass is 32.1. The fourth-order valence-electron chi connectivity index (χ4n) is 1.32. The van der Waals surface area contributed by atoms with Crippen LogP contribution >= 0.6 is 11.3 Å². The molecule has 0 saturated heterocycles. The third-order valence-corrected chi connectivity index (χ3v) is 2.84. The van der Waals surface area contributed by atoms with E-state index in [-0.39, 0.29) is 6.04 Å². The van der Waals surface area contributed by atoms with Crippen molar-refractivity contribution in [3.8, 4) is 0 Å². The van der Waals surface area contributed by atoms with Gasteiger partial charge in [-0.3, -0.25) is 4.84 Å². The van der Waals surface area contributed by atoms with Crippen molar-refractivity contribution in [1.82, 2.24) is 10.5 Å². The topological polar surface area (TPSA) is 34.1 Å². The van der Waals surface area contributed by atoms with Crippen LogP contribution in [-0.4, -0.2) is 4.98 Å². The van der Waals surface area contributed by atoms with E-state index in [0.29, 0.717) is 6.61 Å². The van der Waals surface area contributed by atoms with Gasteiger partial charge < -0.3 is 0 Å². The SMILES string of the molecule is CC(NOCc1ccccc1)c1cscn1. The molecule has 3 nitrogen and oxygen atoms in total. The summed E-state index contributed by atoms with van der Waals surface area (Å²) in [5.74, 6) is 0. The maximum absolute atomic E-state index is 5.42. The molecule has 84 valence electrons. The van der Waals surface area contributed by atoms with Crippen molar-refractivity contribution in [2.75, 3.05) is 0 Å². The predicted octanol–water partition coefficient (Wildman–Crippen LogP) is 2.93. The Morgan fingerprint density at radius 1 is 1.38 bits per heavy atom. The van der Waals surface area contributed by atoms with Crippen LogP contribution in [0.3, 0.4) is 0 Å². The number of rotatable bonds is 5. The van der Waals surface area contributed by atoms with E-state index in [2.05, 4.69) is 10.5 Å². The monoisotopic (exact) mass is 234 g/mol. The second kappa shape index (κ2) is 5.75. The van der Waals surface area contributed by atoms with Gasteiger partial charge in [0.15, 0.2) is 0 Å². The molecular formula is C12H14N2OS. The third kappa shape index (κ3) is 3.13. The smallest absolute Gasteiger partial charge is 0.0933 e. The number of nitrogens with one attached hydrogen (secondary N) is 1. The Labute approximate surface area is 99.1 Å². The first kappa shape index (κ1) is 11.3. The highest BCUT2D eigenvalue weighted by molar-refractivity contribution is 7.07. The Balaban J connectivity index is 1.76. The van der Waals surface area contributed by atoms with E-state index >= 15 is 0 Å². The number of aromatic nitrogens is 1. The van der Waals surface area contributed by atoms with Crippen molar-refractivity contribution in [3.05, 3.63) is 52.5 Å². The second-order valence-electron chi connectivity index (χ2n) is 3.53. The lowest BCUT2D eigenvalue weighted by Gasteiger charge is -2.11. The molecule has 0 fully saturated rings. The zero-order valence-electron chi connectivity index (χ0n) is 9.09. The van der Waals surface area contributed by atoms with E-state index in [1.807, 2.05) is 48.1 Å². The average Bonchev–Trinajstić information content (AvgIpc) is 2.84. The summed E-state index contributed by atoms with van der Waals surface area (Å²) in [5.41, 5.74) is 6.97. The maximum atomic E-state index is 5.42. The molecule has 2 aromatic rings. The first-order valence-electron chi connectivity index (χ1n) is 5.15. The summed E-state index contributed by atoms with van der Waals surface area (Å²) in [6.07, 6.45) is 0. The number of nitrogens with zero attached hydrogens (tertiary/aromatic N) is 1. The van der Waals surface area contributed by atoms with E-state index in [9.17, 15) is 0 Å². The van der Waals surface area contributed by atoms with Crippen LogP contribution in [0.5, 0.6) is 0 Å². The van der Waals surface area contributed by atoms with Gasteiger partial charge in [0, 0.05) is 5.38 Å². The molecule has 16 heavy (non-hydrogen) atoms. The van der Waals surface area contributed by atoms with Gasteiger partial charge in [-0.25, -0.2) is 4.98 Å². The summed E-state index contributed by atoms with van der Waals surface area (Å²) in [5, 5.41) is 2.02. The molecule has 1 unspecified atom stereocenters. The largest absolute Gasteiger partial charge is 0.296 e. The summed E-state index contributed by atoms with van der Waals surface area (Å²) in [4.78, 5) is 9.64. The fourth-order valence-corrected chi connectivity index (χ4v) is 1.97. The first-order valence-corrected chi connectivity index (χ1v) is 6.10. The number of hydroxylamine groups is 1. The number of benzene rings is 1. The minimum Gasteiger partial charge on any atom is -0.296 e. The van der Waals surface area contributed by atoms with Gasteiger partial charge in [-0.1, -0.05) is 30.3 Å². The quantitative estimate of drug-likeness (QED) is 0.808. The van der Waals surface area contributed by atoms with Crippen LogP contribution in [0.25, 0.3) is 0 Å². The Hall–Kier alpha value is -1.23. The molecule has 1 atom stereocenters. The van der Waals surface area contributed by atoms with Crippen molar-refractivity contribution < 1.29 is 4.84 Å². The van der Waals surface area contributed by atoms with Crippen LogP contribution in [-0.2, 0) is 11.4 Å². The summed E-state index contributed by atoms with van der Waals surface area (Å²) in [6, 6.07) is 10.2. The van der Waals surface area contributed by atoms with Crippen LogP contribution in [0, 0.1) is 0 Å². The average molecular weight is 234 g/mol. The zero-order chi connectivity index (χ0) is 11.2. The molecule has 1 aromatic carbocycles. The molecule has 0 saturated carbocycles. The van der Waals surface area contributed by atoms with Crippen LogP contribution in [0.4, 0.5) is 0 Å². The molecule has 0 aliphatic rings. The minimum absolute atomic E-state index is 0.120. The van der Waals surface area contributed by atoms with E-state index in [4.69, 9.17) is 4.84 Å². The van der Waals surface area contributed by atoms with Crippen molar-refractivity contribution in [1.29, 1.82) is 0 Å². The van der Waals surface area contributed by atoms with Crippen molar-refractivity contribution in [2.45, 2.75) is 19.6 Å². The number of hydrogen-bond donors (Lipinski definition) is 1. The Morgan fingerprint density at radius 2 is 2.19 bits per heavy atom. The van der Waals surface area contributed by atoms with Gasteiger partial charge in [-0.15, -0.1) is 11.3 Å². The highest BCUT2D eigenvalue weighted by Gasteiger charge is 2.06. The summed E-state index contributed by atoms with van der Waals surface area (Å²) in [6.45, 7) is 2.59. The minimum atomic E-state index is 0.120.